The second kappa shape index (κ2) is 7.42. The minimum absolute atomic E-state index is 0.00677. The highest BCUT2D eigenvalue weighted by atomic mass is 16.5. The lowest BCUT2D eigenvalue weighted by Crippen LogP contribution is -2.46. The van der Waals surface area contributed by atoms with E-state index in [9.17, 15) is 9.59 Å². The molecule has 0 bridgehead atoms. The van der Waals surface area contributed by atoms with Gasteiger partial charge in [-0.15, -0.1) is 0 Å². The fourth-order valence-electron chi connectivity index (χ4n) is 2.81. The Balaban J connectivity index is 1.64. The Morgan fingerprint density at radius 1 is 1.36 bits per heavy atom. The van der Waals surface area contributed by atoms with Crippen molar-refractivity contribution in [2.45, 2.75) is 39.3 Å². The van der Waals surface area contributed by atoms with Crippen LogP contribution in [0.2, 0.25) is 0 Å². The second-order valence-electron chi connectivity index (χ2n) is 6.16. The average molecular weight is 343 g/mol. The first kappa shape index (κ1) is 17.1. The molecule has 0 spiro atoms. The predicted molar refractivity (Wildman–Crippen MR) is 90.2 cm³/mol. The molecule has 0 saturated carbocycles. The van der Waals surface area contributed by atoms with Crippen LogP contribution < -0.4 is 10.3 Å². The zero-order chi connectivity index (χ0) is 17.8. The fourth-order valence-corrected chi connectivity index (χ4v) is 2.81. The van der Waals surface area contributed by atoms with Crippen LogP contribution in [0.5, 0.6) is 5.88 Å². The number of likely N-dealkylation sites (tertiary alicyclic amines) is 1. The van der Waals surface area contributed by atoms with E-state index >= 15 is 0 Å². The zero-order valence-corrected chi connectivity index (χ0v) is 14.4. The van der Waals surface area contributed by atoms with Crippen molar-refractivity contribution in [3.63, 3.8) is 0 Å². The van der Waals surface area contributed by atoms with Crippen LogP contribution in [0.3, 0.4) is 0 Å². The highest BCUT2D eigenvalue weighted by molar-refractivity contribution is 5.76. The molecule has 8 nitrogen and oxygen atoms in total. The van der Waals surface area contributed by atoms with Crippen molar-refractivity contribution < 1.29 is 9.53 Å². The molecule has 2 aromatic heterocycles. The number of nitrogens with zero attached hydrogens (tertiary/aromatic N) is 5. The molecular weight excluding hydrogens is 322 g/mol. The number of aromatic nitrogens is 4. The van der Waals surface area contributed by atoms with Gasteiger partial charge in [-0.2, -0.15) is 0 Å². The molecule has 1 aliphatic heterocycles. The highest BCUT2D eigenvalue weighted by Crippen LogP contribution is 2.16. The monoisotopic (exact) mass is 343 g/mol. The van der Waals surface area contributed by atoms with Crippen LogP contribution in [0.15, 0.2) is 29.7 Å². The lowest BCUT2D eigenvalue weighted by atomic mass is 10.1. The largest absolute Gasteiger partial charge is 0.472 e. The molecule has 0 N–H and O–H groups in total. The van der Waals surface area contributed by atoms with Crippen LogP contribution >= 0.6 is 0 Å². The third-order valence-electron chi connectivity index (χ3n) is 4.39. The molecule has 1 aliphatic rings. The van der Waals surface area contributed by atoms with Crippen molar-refractivity contribution in [1.82, 2.24) is 24.4 Å². The number of hydrogen-bond acceptors (Lipinski definition) is 6. The van der Waals surface area contributed by atoms with Gasteiger partial charge in [-0.05, 0) is 26.7 Å². The Morgan fingerprint density at radius 3 is 2.96 bits per heavy atom. The first-order valence-corrected chi connectivity index (χ1v) is 8.27. The van der Waals surface area contributed by atoms with Gasteiger partial charge < -0.3 is 9.64 Å². The molecule has 0 radical (unpaired) electrons. The molecule has 3 heterocycles. The Bertz CT molecular complexity index is 806. The fraction of sp³-hybridized carbons (Fsp3) is 0.471. The first-order chi connectivity index (χ1) is 12.0. The minimum atomic E-state index is -0.174. The maximum absolute atomic E-state index is 12.6. The third kappa shape index (κ3) is 4.01. The second-order valence-corrected chi connectivity index (χ2v) is 6.16. The summed E-state index contributed by atoms with van der Waals surface area (Å²) in [5.41, 5.74) is 1.08. The Kier molecular flexibility index (Phi) is 5.06. The quantitative estimate of drug-likeness (QED) is 0.812. The van der Waals surface area contributed by atoms with E-state index in [-0.39, 0.29) is 24.1 Å². The Labute approximate surface area is 145 Å². The molecule has 1 amide bonds. The average Bonchev–Trinajstić information content (AvgIpc) is 2.63. The third-order valence-corrected chi connectivity index (χ3v) is 4.39. The van der Waals surface area contributed by atoms with E-state index in [4.69, 9.17) is 4.74 Å². The van der Waals surface area contributed by atoms with E-state index in [2.05, 4.69) is 15.0 Å². The number of piperidine rings is 1. The van der Waals surface area contributed by atoms with Gasteiger partial charge in [0, 0.05) is 30.1 Å². The van der Waals surface area contributed by atoms with Gasteiger partial charge in [0.05, 0.1) is 12.9 Å². The van der Waals surface area contributed by atoms with Crippen molar-refractivity contribution in [2.24, 2.45) is 0 Å². The molecule has 1 atom stereocenters. The normalized spacial score (nSPS) is 17.4. The summed E-state index contributed by atoms with van der Waals surface area (Å²) in [4.78, 5) is 38.6. The summed E-state index contributed by atoms with van der Waals surface area (Å²) in [6.07, 6.45) is 6.08. The van der Waals surface area contributed by atoms with Crippen LogP contribution in [-0.4, -0.2) is 49.5 Å². The molecule has 2 aromatic rings. The number of hydrogen-bond donors (Lipinski definition) is 0. The lowest BCUT2D eigenvalue weighted by Gasteiger charge is -2.32. The van der Waals surface area contributed by atoms with E-state index < -0.39 is 0 Å². The van der Waals surface area contributed by atoms with E-state index in [0.717, 1.165) is 12.8 Å². The molecule has 3 rings (SSSR count). The van der Waals surface area contributed by atoms with Gasteiger partial charge in [0.2, 0.25) is 11.8 Å². The maximum atomic E-state index is 12.6. The smallest absolute Gasteiger partial charge is 0.256 e. The van der Waals surface area contributed by atoms with E-state index in [1.807, 2.05) is 0 Å². The number of carbonyl (C=O) groups excluding carboxylic acids is 1. The van der Waals surface area contributed by atoms with Crippen molar-refractivity contribution in [1.29, 1.82) is 0 Å². The van der Waals surface area contributed by atoms with Gasteiger partial charge in [0.15, 0.2) is 0 Å². The summed E-state index contributed by atoms with van der Waals surface area (Å²) >= 11 is 0. The van der Waals surface area contributed by atoms with Gasteiger partial charge in [0.25, 0.3) is 5.56 Å². The number of amides is 1. The van der Waals surface area contributed by atoms with Crippen LogP contribution in [0, 0.1) is 13.8 Å². The van der Waals surface area contributed by atoms with Gasteiger partial charge >= 0.3 is 0 Å². The SMILES string of the molecule is Cc1ncn(CC(=O)N2CCCC(Oc3ccncn3)C2)c(=O)c1C. The number of ether oxygens (including phenoxy) is 1. The summed E-state index contributed by atoms with van der Waals surface area (Å²) in [5, 5.41) is 0. The topological polar surface area (TPSA) is 90.2 Å². The van der Waals surface area contributed by atoms with Crippen molar-refractivity contribution in [3.05, 3.63) is 46.5 Å². The molecule has 1 saturated heterocycles. The summed E-state index contributed by atoms with van der Waals surface area (Å²) in [5.74, 6) is 0.395. The van der Waals surface area contributed by atoms with Gasteiger partial charge in [-0.3, -0.25) is 14.2 Å². The summed E-state index contributed by atoms with van der Waals surface area (Å²) in [6, 6.07) is 1.70. The van der Waals surface area contributed by atoms with Gasteiger partial charge in [-0.25, -0.2) is 15.0 Å². The molecule has 1 unspecified atom stereocenters. The Morgan fingerprint density at radius 2 is 2.20 bits per heavy atom. The van der Waals surface area contributed by atoms with E-state index in [1.54, 1.807) is 31.0 Å². The van der Waals surface area contributed by atoms with E-state index in [0.29, 0.717) is 30.2 Å². The zero-order valence-electron chi connectivity index (χ0n) is 14.4. The molecule has 1 fully saturated rings. The summed E-state index contributed by atoms with van der Waals surface area (Å²) < 4.78 is 7.18. The first-order valence-electron chi connectivity index (χ1n) is 8.27. The molecular formula is C17H21N5O3. The number of rotatable bonds is 4. The maximum Gasteiger partial charge on any atom is 0.256 e. The van der Waals surface area contributed by atoms with Crippen molar-refractivity contribution in [3.8, 4) is 5.88 Å². The van der Waals surface area contributed by atoms with E-state index in [1.165, 1.54) is 17.2 Å². The van der Waals surface area contributed by atoms with Crippen LogP contribution in [0.25, 0.3) is 0 Å². The molecule has 25 heavy (non-hydrogen) atoms. The van der Waals surface area contributed by atoms with Gasteiger partial charge in [-0.1, -0.05) is 0 Å². The van der Waals surface area contributed by atoms with Crippen LogP contribution in [0.1, 0.15) is 24.1 Å². The Hall–Kier alpha value is -2.77. The summed E-state index contributed by atoms with van der Waals surface area (Å²) in [6.45, 7) is 4.64. The molecule has 0 aromatic carbocycles. The minimum Gasteiger partial charge on any atom is -0.472 e. The highest BCUT2D eigenvalue weighted by Gasteiger charge is 2.25. The number of carbonyl (C=O) groups is 1. The molecule has 132 valence electrons. The van der Waals surface area contributed by atoms with Crippen molar-refractivity contribution in [2.75, 3.05) is 13.1 Å². The van der Waals surface area contributed by atoms with Gasteiger partial charge in [0.1, 0.15) is 19.0 Å². The van der Waals surface area contributed by atoms with Crippen LogP contribution in [0.4, 0.5) is 0 Å². The molecule has 0 aliphatic carbocycles. The van der Waals surface area contributed by atoms with Crippen LogP contribution in [-0.2, 0) is 11.3 Å². The standard InChI is InChI=1S/C17H21N5O3/c1-12-13(2)20-11-22(17(12)24)9-16(23)21-7-3-4-14(8-21)25-15-5-6-18-10-19-15/h5-6,10-11,14H,3-4,7-9H2,1-2H3. The summed E-state index contributed by atoms with van der Waals surface area (Å²) in [7, 11) is 0. The lowest BCUT2D eigenvalue weighted by molar-refractivity contribution is -0.134. The molecule has 8 heteroatoms. The predicted octanol–water partition coefficient (Wildman–Crippen LogP) is 0.720. The van der Waals surface area contributed by atoms with Crippen molar-refractivity contribution >= 4 is 5.91 Å². The number of aryl methyl sites for hydroxylation is 1.